The van der Waals surface area contributed by atoms with Gasteiger partial charge in [0.05, 0.1) is 4.90 Å². The van der Waals surface area contributed by atoms with Gasteiger partial charge in [-0.1, -0.05) is 24.2 Å². The molecule has 24 heavy (non-hydrogen) atoms. The van der Waals surface area contributed by atoms with E-state index in [2.05, 4.69) is 17.4 Å². The van der Waals surface area contributed by atoms with Crippen molar-refractivity contribution in [1.29, 1.82) is 0 Å². The molecule has 7 heteroatoms. The monoisotopic (exact) mass is 349 g/mol. The van der Waals surface area contributed by atoms with E-state index in [0.717, 1.165) is 42.7 Å². The number of nitrogens with one attached hydrogen (secondary N) is 1. The molecule has 1 aliphatic rings. The molecule has 0 bridgehead atoms. The molecule has 0 saturated heterocycles. The Morgan fingerprint density at radius 3 is 2.88 bits per heavy atom. The Hall–Kier alpha value is -1.70. The molecule has 1 aromatic heterocycles. The van der Waals surface area contributed by atoms with Crippen molar-refractivity contribution in [2.75, 3.05) is 0 Å². The normalized spacial score (nSPS) is 15.9. The maximum Gasteiger partial charge on any atom is 0.238 e. The third-order valence-electron chi connectivity index (χ3n) is 4.54. The van der Waals surface area contributed by atoms with E-state index in [1.54, 1.807) is 12.1 Å². The van der Waals surface area contributed by atoms with Gasteiger partial charge in [0.1, 0.15) is 11.5 Å². The lowest BCUT2D eigenvalue weighted by Gasteiger charge is -2.18. The van der Waals surface area contributed by atoms with Gasteiger partial charge in [-0.3, -0.25) is 0 Å². The first-order valence-electron chi connectivity index (χ1n) is 8.31. The van der Waals surface area contributed by atoms with Crippen molar-refractivity contribution in [3.8, 4) is 0 Å². The van der Waals surface area contributed by atoms with E-state index in [0.29, 0.717) is 6.54 Å². The highest BCUT2D eigenvalue weighted by molar-refractivity contribution is 7.89. The lowest BCUT2D eigenvalue weighted by Crippen LogP contribution is -2.22. The highest BCUT2D eigenvalue weighted by Crippen LogP contribution is 2.25. The third-order valence-corrected chi connectivity index (χ3v) is 5.46. The second kappa shape index (κ2) is 7.04. The first-order chi connectivity index (χ1) is 11.5. The summed E-state index contributed by atoms with van der Waals surface area (Å²) in [7, 11) is -3.69. The van der Waals surface area contributed by atoms with Crippen molar-refractivity contribution in [3.63, 3.8) is 0 Å². The van der Waals surface area contributed by atoms with Gasteiger partial charge in [-0.05, 0) is 43.4 Å². The Kier molecular flexibility index (Phi) is 5.03. The summed E-state index contributed by atoms with van der Waals surface area (Å²) < 4.78 is 28.5. The fraction of sp³-hybridized carbons (Fsp3) is 0.471. The number of aryl methyl sites for hydroxylation is 1. The molecule has 130 valence electrons. The van der Waals surface area contributed by atoms with Gasteiger partial charge >= 0.3 is 0 Å². The minimum atomic E-state index is -3.69. The zero-order valence-corrected chi connectivity index (χ0v) is 14.6. The van der Waals surface area contributed by atoms with Crippen LogP contribution in [-0.4, -0.2) is 13.6 Å². The third kappa shape index (κ3) is 3.68. The lowest BCUT2D eigenvalue weighted by molar-refractivity contribution is 0.365. The van der Waals surface area contributed by atoms with Gasteiger partial charge in [-0.15, -0.1) is 0 Å². The molecule has 1 atom stereocenters. The molecule has 2 aromatic rings. The molecular formula is C17H23N3O3S. The maximum absolute atomic E-state index is 11.5. The van der Waals surface area contributed by atoms with Gasteiger partial charge < -0.3 is 9.84 Å². The van der Waals surface area contributed by atoms with Crippen molar-refractivity contribution >= 4 is 10.0 Å². The van der Waals surface area contributed by atoms with E-state index in [1.165, 1.54) is 18.1 Å². The van der Waals surface area contributed by atoms with Crippen LogP contribution in [0.5, 0.6) is 0 Å². The molecule has 0 amide bonds. The second-order valence-electron chi connectivity index (χ2n) is 6.20. The summed E-state index contributed by atoms with van der Waals surface area (Å²) in [6.45, 7) is 2.66. The first kappa shape index (κ1) is 17.1. The van der Waals surface area contributed by atoms with E-state index in [1.807, 2.05) is 6.07 Å². The number of aromatic nitrogens is 1. The summed E-state index contributed by atoms with van der Waals surface area (Å²) >= 11 is 0. The fourth-order valence-corrected chi connectivity index (χ4v) is 3.78. The number of sulfonamides is 1. The van der Waals surface area contributed by atoms with Crippen LogP contribution < -0.4 is 10.5 Å². The topological polar surface area (TPSA) is 98.2 Å². The number of hydrogen-bond acceptors (Lipinski definition) is 5. The number of rotatable bonds is 6. The summed E-state index contributed by atoms with van der Waals surface area (Å²) in [6.07, 6.45) is 5.15. The molecule has 1 heterocycles. The van der Waals surface area contributed by atoms with Gasteiger partial charge in [0.25, 0.3) is 0 Å². The average molecular weight is 349 g/mol. The number of benzene rings is 1. The number of nitrogens with two attached hydrogens (primary N) is 1. The van der Waals surface area contributed by atoms with E-state index in [9.17, 15) is 8.42 Å². The molecule has 6 nitrogen and oxygen atoms in total. The van der Waals surface area contributed by atoms with Crippen molar-refractivity contribution < 1.29 is 12.9 Å². The molecule has 1 aliphatic carbocycles. The highest BCUT2D eigenvalue weighted by atomic mass is 32.2. The minimum Gasteiger partial charge on any atom is -0.361 e. The molecule has 0 fully saturated rings. The zero-order chi connectivity index (χ0) is 17.2. The predicted octanol–water partition coefficient (Wildman–Crippen LogP) is 2.44. The Morgan fingerprint density at radius 1 is 1.33 bits per heavy atom. The minimum absolute atomic E-state index is 0.0302. The molecule has 0 aliphatic heterocycles. The van der Waals surface area contributed by atoms with Gasteiger partial charge in [-0.25, -0.2) is 13.6 Å². The van der Waals surface area contributed by atoms with Crippen LogP contribution in [0.1, 0.15) is 54.8 Å². The van der Waals surface area contributed by atoms with Crippen molar-refractivity contribution in [2.24, 2.45) is 5.14 Å². The summed E-state index contributed by atoms with van der Waals surface area (Å²) in [5.74, 6) is 1.02. The van der Waals surface area contributed by atoms with Gasteiger partial charge in [0.15, 0.2) is 0 Å². The van der Waals surface area contributed by atoms with Crippen LogP contribution in [0.25, 0.3) is 0 Å². The van der Waals surface area contributed by atoms with E-state index >= 15 is 0 Å². The summed E-state index contributed by atoms with van der Waals surface area (Å²) in [4.78, 5) is 0.138. The number of hydrogen-bond donors (Lipinski definition) is 2. The van der Waals surface area contributed by atoms with Crippen LogP contribution >= 0.6 is 0 Å². The second-order valence-corrected chi connectivity index (χ2v) is 7.76. The van der Waals surface area contributed by atoms with Crippen molar-refractivity contribution in [2.45, 2.75) is 56.5 Å². The van der Waals surface area contributed by atoms with Crippen LogP contribution in [0.3, 0.4) is 0 Å². The molecule has 0 radical (unpaired) electrons. The Balaban J connectivity index is 1.75. The van der Waals surface area contributed by atoms with Crippen LogP contribution in [0.4, 0.5) is 0 Å². The first-order valence-corrected chi connectivity index (χ1v) is 9.86. The van der Waals surface area contributed by atoms with Gasteiger partial charge in [0, 0.05) is 24.6 Å². The standard InChI is InChI=1S/C17H23N3O3S/c1-2-15(12-6-5-7-13(10-12)24(18,21)22)19-11-16-14-8-3-4-9-17(14)23-20-16/h5-7,10,15,19H,2-4,8-9,11H2,1H3,(H2,18,21,22)/t15-/m0/s1. The van der Waals surface area contributed by atoms with Crippen LogP contribution in [0.15, 0.2) is 33.7 Å². The van der Waals surface area contributed by atoms with Crippen LogP contribution in [0, 0.1) is 0 Å². The molecule has 0 unspecified atom stereocenters. The number of nitrogens with zero attached hydrogens (tertiary/aromatic N) is 1. The smallest absolute Gasteiger partial charge is 0.238 e. The summed E-state index contributed by atoms with van der Waals surface area (Å²) in [5, 5.41) is 12.9. The highest BCUT2D eigenvalue weighted by Gasteiger charge is 2.20. The SMILES string of the molecule is CC[C@H](NCc1noc2c1CCCC2)c1cccc(S(N)(=O)=O)c1. The summed E-state index contributed by atoms with van der Waals surface area (Å²) in [5.41, 5.74) is 3.11. The predicted molar refractivity (Wildman–Crippen MR) is 90.8 cm³/mol. The quantitative estimate of drug-likeness (QED) is 0.834. The van der Waals surface area contributed by atoms with Crippen LogP contribution in [0.2, 0.25) is 0 Å². The zero-order valence-electron chi connectivity index (χ0n) is 13.8. The Labute approximate surface area is 142 Å². The average Bonchev–Trinajstić information content (AvgIpc) is 2.98. The van der Waals surface area contributed by atoms with Gasteiger partial charge in [-0.2, -0.15) is 0 Å². The lowest BCUT2D eigenvalue weighted by atomic mass is 9.96. The Bertz CT molecular complexity index is 814. The molecule has 0 spiro atoms. The molecule has 3 N–H and O–H groups in total. The molecule has 0 saturated carbocycles. The van der Waals surface area contributed by atoms with E-state index < -0.39 is 10.0 Å². The fourth-order valence-electron chi connectivity index (χ4n) is 3.21. The molecular weight excluding hydrogens is 326 g/mol. The van der Waals surface area contributed by atoms with E-state index in [-0.39, 0.29) is 10.9 Å². The largest absolute Gasteiger partial charge is 0.361 e. The van der Waals surface area contributed by atoms with Crippen molar-refractivity contribution in [3.05, 3.63) is 46.8 Å². The van der Waals surface area contributed by atoms with E-state index in [4.69, 9.17) is 9.66 Å². The molecule has 3 rings (SSSR count). The van der Waals surface area contributed by atoms with Crippen LogP contribution in [-0.2, 0) is 29.4 Å². The van der Waals surface area contributed by atoms with Gasteiger partial charge in [0.2, 0.25) is 10.0 Å². The number of primary sulfonamides is 1. The Morgan fingerprint density at radius 2 is 2.12 bits per heavy atom. The van der Waals surface area contributed by atoms with Crippen molar-refractivity contribution in [1.82, 2.24) is 10.5 Å². The molecule has 1 aromatic carbocycles. The summed E-state index contributed by atoms with van der Waals surface area (Å²) in [6, 6.07) is 6.81. The number of fused-ring (bicyclic) bond motifs is 1. The maximum atomic E-state index is 11.5.